The molecule has 1 unspecified atom stereocenters. The van der Waals surface area contributed by atoms with Crippen molar-refractivity contribution >= 4 is 17.9 Å². The molecule has 0 bridgehead atoms. The lowest BCUT2D eigenvalue weighted by Gasteiger charge is -2.28. The van der Waals surface area contributed by atoms with Gasteiger partial charge < -0.3 is 24.4 Å². The minimum atomic E-state index is -0.590. The lowest BCUT2D eigenvalue weighted by atomic mass is 10.1. The maximum atomic E-state index is 15.0. The molecule has 12 heteroatoms. The first kappa shape index (κ1) is 30.4. The third-order valence-electron chi connectivity index (χ3n) is 7.22. The summed E-state index contributed by atoms with van der Waals surface area (Å²) >= 11 is 1.64. The normalized spacial score (nSPS) is 17.1. The van der Waals surface area contributed by atoms with Crippen molar-refractivity contribution in [2.45, 2.75) is 55.2 Å². The molecule has 1 saturated heterocycles. The molecule has 1 amide bonds. The summed E-state index contributed by atoms with van der Waals surface area (Å²) in [6.45, 7) is 1.70. The zero-order valence-corrected chi connectivity index (χ0v) is 25.1. The van der Waals surface area contributed by atoms with Crippen molar-refractivity contribution in [3.63, 3.8) is 0 Å². The van der Waals surface area contributed by atoms with Crippen LogP contribution < -0.4 is 14.8 Å². The van der Waals surface area contributed by atoms with E-state index in [-0.39, 0.29) is 30.6 Å². The van der Waals surface area contributed by atoms with Crippen LogP contribution in [0.25, 0.3) is 5.69 Å². The first-order valence-electron chi connectivity index (χ1n) is 14.3. The summed E-state index contributed by atoms with van der Waals surface area (Å²) in [5.74, 6) is 5.86. The number of halogens is 1. The summed E-state index contributed by atoms with van der Waals surface area (Å²) in [4.78, 5) is 18.5. The van der Waals surface area contributed by atoms with Gasteiger partial charge in [0.25, 0.3) is 0 Å². The second kappa shape index (κ2) is 14.9. The first-order valence-corrected chi connectivity index (χ1v) is 15.2. The average molecular weight is 607 g/mol. The number of allylic oxidation sites excluding steroid dienone is 1. The molecule has 0 saturated carbocycles. The second-order valence-electron chi connectivity index (χ2n) is 10.3. The van der Waals surface area contributed by atoms with Crippen LogP contribution in [-0.2, 0) is 11.3 Å². The number of alkyl carbamates (subject to hydrolysis) is 1. The lowest BCUT2D eigenvalue weighted by molar-refractivity contribution is 0.147. The van der Waals surface area contributed by atoms with Gasteiger partial charge in [0.2, 0.25) is 0 Å². The van der Waals surface area contributed by atoms with E-state index in [0.29, 0.717) is 16.8 Å². The van der Waals surface area contributed by atoms with Crippen molar-refractivity contribution < 1.29 is 23.4 Å². The number of pyridine rings is 1. The topological polar surface area (TPSA) is 104 Å². The van der Waals surface area contributed by atoms with E-state index in [4.69, 9.17) is 14.2 Å². The van der Waals surface area contributed by atoms with Crippen molar-refractivity contribution in [3.05, 3.63) is 66.0 Å². The quantitative estimate of drug-likeness (QED) is 0.273. The third kappa shape index (κ3) is 8.27. The molecule has 1 aliphatic heterocycles. The predicted molar refractivity (Wildman–Crippen MR) is 161 cm³/mol. The van der Waals surface area contributed by atoms with E-state index in [0.717, 1.165) is 56.0 Å². The largest absolute Gasteiger partial charge is 0.493 e. The van der Waals surface area contributed by atoms with Gasteiger partial charge in [-0.2, -0.15) is 0 Å². The van der Waals surface area contributed by atoms with E-state index in [1.807, 2.05) is 16.7 Å². The number of hydrogen-bond donors (Lipinski definition) is 1. The smallest absolute Gasteiger partial charge is 0.408 e. The Morgan fingerprint density at radius 1 is 1.21 bits per heavy atom. The van der Waals surface area contributed by atoms with Crippen molar-refractivity contribution in [1.82, 2.24) is 30.0 Å². The van der Waals surface area contributed by atoms with Crippen molar-refractivity contribution in [3.8, 4) is 29.0 Å². The predicted octanol–water partition coefficient (Wildman–Crippen LogP) is 4.76. The molecule has 43 heavy (non-hydrogen) atoms. The third-order valence-corrected chi connectivity index (χ3v) is 8.39. The van der Waals surface area contributed by atoms with Crippen LogP contribution in [0.3, 0.4) is 0 Å². The molecule has 1 atom stereocenters. The maximum Gasteiger partial charge on any atom is 0.408 e. The lowest BCUT2D eigenvalue weighted by Crippen LogP contribution is -2.43. The van der Waals surface area contributed by atoms with E-state index in [1.54, 1.807) is 24.2 Å². The number of benzene rings is 1. The standard InChI is InChI=1S/C31H35FN6O4S/c1-37-15-12-23(13-16-37)34-31(39)41-17-7-8-22-18-27(40-2)28(19-26(22)32)42-21-29-35-36-30(43-25-10-4-3-5-11-25)38(29)24-9-6-14-33-20-24/h4,6,9-10,14,18-20,23,25H,3,5,11-13,15-17,21H2,1-2H3,(H,34,39). The number of nitrogens with one attached hydrogen (secondary N) is 1. The van der Waals surface area contributed by atoms with Crippen LogP contribution in [0.4, 0.5) is 9.18 Å². The molecular formula is C31H35FN6O4S. The fourth-order valence-electron chi connectivity index (χ4n) is 4.87. The number of methoxy groups -OCH3 is 1. The molecule has 1 N–H and O–H groups in total. The molecule has 1 aromatic carbocycles. The van der Waals surface area contributed by atoms with Gasteiger partial charge in [0.15, 0.2) is 29.1 Å². The highest BCUT2D eigenvalue weighted by atomic mass is 32.2. The highest BCUT2D eigenvalue weighted by Gasteiger charge is 2.21. The van der Waals surface area contributed by atoms with Gasteiger partial charge in [-0.05, 0) is 64.4 Å². The number of carbonyl (C=O) groups is 1. The summed E-state index contributed by atoms with van der Waals surface area (Å²) in [5, 5.41) is 12.7. The fraction of sp³-hybridized carbons (Fsp3) is 0.419. The van der Waals surface area contributed by atoms with E-state index in [9.17, 15) is 4.79 Å². The van der Waals surface area contributed by atoms with Crippen molar-refractivity contribution in [2.75, 3.05) is 33.9 Å². The Kier molecular flexibility index (Phi) is 10.5. The Morgan fingerprint density at radius 3 is 2.81 bits per heavy atom. The molecule has 5 rings (SSSR count). The highest BCUT2D eigenvalue weighted by molar-refractivity contribution is 7.99. The number of hydrogen-bond acceptors (Lipinski definition) is 9. The molecule has 3 aromatic rings. The minimum Gasteiger partial charge on any atom is -0.493 e. The molecular weight excluding hydrogens is 571 g/mol. The van der Waals surface area contributed by atoms with E-state index in [2.05, 4.69) is 56.4 Å². The molecule has 1 aliphatic carbocycles. The number of carbonyl (C=O) groups excluding carboxylic acids is 1. The number of rotatable bonds is 9. The zero-order valence-electron chi connectivity index (χ0n) is 24.3. The molecule has 226 valence electrons. The van der Waals surface area contributed by atoms with Crippen molar-refractivity contribution in [2.24, 2.45) is 0 Å². The van der Waals surface area contributed by atoms with E-state index >= 15 is 4.39 Å². The van der Waals surface area contributed by atoms with Crippen LogP contribution in [-0.4, -0.2) is 75.9 Å². The van der Waals surface area contributed by atoms with Crippen LogP contribution in [0.15, 0.2) is 54.0 Å². The van der Waals surface area contributed by atoms with Crippen LogP contribution in [0.5, 0.6) is 11.5 Å². The average Bonchev–Trinajstić information content (AvgIpc) is 3.43. The van der Waals surface area contributed by atoms with Crippen LogP contribution >= 0.6 is 11.8 Å². The highest BCUT2D eigenvalue weighted by Crippen LogP contribution is 2.33. The Hall–Kier alpha value is -4.08. The monoisotopic (exact) mass is 606 g/mol. The van der Waals surface area contributed by atoms with Crippen LogP contribution in [0.1, 0.15) is 43.5 Å². The SMILES string of the molecule is COc1cc(C#CCOC(=O)NC2CCN(C)CC2)c(F)cc1OCc1nnc(SC2C=CCCC2)n1-c1cccnc1. The van der Waals surface area contributed by atoms with Gasteiger partial charge >= 0.3 is 6.09 Å². The summed E-state index contributed by atoms with van der Waals surface area (Å²) in [6, 6.07) is 6.54. The molecule has 2 aliphatic rings. The maximum absolute atomic E-state index is 15.0. The molecule has 10 nitrogen and oxygen atoms in total. The molecule has 0 spiro atoms. The van der Waals surface area contributed by atoms with Crippen molar-refractivity contribution in [1.29, 1.82) is 0 Å². The van der Waals surface area contributed by atoms with Crippen LogP contribution in [0, 0.1) is 17.7 Å². The number of nitrogens with zero attached hydrogens (tertiary/aromatic N) is 5. The van der Waals surface area contributed by atoms with Gasteiger partial charge in [-0.25, -0.2) is 9.18 Å². The van der Waals surface area contributed by atoms with Gasteiger partial charge in [-0.3, -0.25) is 9.55 Å². The number of ether oxygens (including phenoxy) is 3. The van der Waals surface area contributed by atoms with E-state index < -0.39 is 11.9 Å². The minimum absolute atomic E-state index is 0.0179. The van der Waals surface area contributed by atoms with Gasteiger partial charge in [-0.1, -0.05) is 35.8 Å². The molecule has 0 radical (unpaired) electrons. The number of likely N-dealkylation sites (tertiary alicyclic amines) is 1. The van der Waals surface area contributed by atoms with Crippen LogP contribution in [0.2, 0.25) is 0 Å². The summed E-state index contributed by atoms with van der Waals surface area (Å²) in [5.41, 5.74) is 0.903. The second-order valence-corrected chi connectivity index (χ2v) is 11.5. The summed E-state index contributed by atoms with van der Waals surface area (Å²) < 4.78 is 33.5. The van der Waals surface area contributed by atoms with Gasteiger partial charge in [0, 0.05) is 29.6 Å². The molecule has 2 aromatic heterocycles. The Bertz CT molecular complexity index is 1480. The zero-order chi connectivity index (χ0) is 30.0. The van der Waals surface area contributed by atoms with E-state index in [1.165, 1.54) is 19.2 Å². The van der Waals surface area contributed by atoms with Gasteiger partial charge in [-0.15, -0.1) is 10.2 Å². The number of piperidine rings is 1. The number of amides is 1. The Labute approximate surface area is 255 Å². The Morgan fingerprint density at radius 2 is 2.07 bits per heavy atom. The first-order chi connectivity index (χ1) is 21.0. The summed E-state index contributed by atoms with van der Waals surface area (Å²) in [6.07, 6.45) is 12.4. The Balaban J connectivity index is 1.23. The number of thioether (sulfide) groups is 1. The summed E-state index contributed by atoms with van der Waals surface area (Å²) in [7, 11) is 3.53. The number of aromatic nitrogens is 4. The molecule has 1 fully saturated rings. The fourth-order valence-corrected chi connectivity index (χ4v) is 6.02. The molecule has 3 heterocycles. The van der Waals surface area contributed by atoms with Gasteiger partial charge in [0.05, 0.1) is 24.6 Å². The van der Waals surface area contributed by atoms with Gasteiger partial charge in [0.1, 0.15) is 12.4 Å².